The van der Waals surface area contributed by atoms with E-state index in [1.165, 1.54) is 18.4 Å². The van der Waals surface area contributed by atoms with Crippen LogP contribution in [0.3, 0.4) is 0 Å². The van der Waals surface area contributed by atoms with Gasteiger partial charge in [0.05, 0.1) is 18.9 Å². The smallest absolute Gasteiger partial charge is 0.147 e. The van der Waals surface area contributed by atoms with E-state index < -0.39 is 0 Å². The molecule has 1 heterocycles. The van der Waals surface area contributed by atoms with E-state index in [0.717, 1.165) is 41.3 Å². The standard InChI is InChI=1S/C25H26Cl2N2O2/c1-17-6-5-7-19(12-17)29(16-18-13-24(26)28-25(27)14-18)22-11-10-21(30-2)15-23(22)31-20-8-3-4-9-20/h5-7,10-15,20H,3-4,8-9,16H2,1-2H3. The number of methoxy groups -OCH3 is 1. The van der Waals surface area contributed by atoms with Crippen LogP contribution < -0.4 is 14.4 Å². The SMILES string of the molecule is COc1ccc(N(Cc2cc(Cl)nc(Cl)c2)c2cccc(C)c2)c(OC2CCCC2)c1. The van der Waals surface area contributed by atoms with Crippen LogP contribution in [0.2, 0.25) is 10.3 Å². The molecule has 1 aliphatic carbocycles. The van der Waals surface area contributed by atoms with Crippen LogP contribution in [0.15, 0.2) is 54.6 Å². The van der Waals surface area contributed by atoms with Gasteiger partial charge in [0, 0.05) is 18.3 Å². The van der Waals surface area contributed by atoms with Crippen molar-refractivity contribution in [2.45, 2.75) is 45.3 Å². The topological polar surface area (TPSA) is 34.6 Å². The fourth-order valence-electron chi connectivity index (χ4n) is 4.02. The third-order valence-electron chi connectivity index (χ3n) is 5.53. The molecule has 0 aliphatic heterocycles. The van der Waals surface area contributed by atoms with Gasteiger partial charge in [-0.2, -0.15) is 0 Å². The molecular formula is C25H26Cl2N2O2. The van der Waals surface area contributed by atoms with E-state index in [-0.39, 0.29) is 6.10 Å². The van der Waals surface area contributed by atoms with Gasteiger partial charge in [0.2, 0.25) is 0 Å². The summed E-state index contributed by atoms with van der Waals surface area (Å²) >= 11 is 12.4. The van der Waals surface area contributed by atoms with Gasteiger partial charge in [-0.15, -0.1) is 0 Å². The van der Waals surface area contributed by atoms with Crippen LogP contribution in [0.1, 0.15) is 36.8 Å². The number of pyridine rings is 1. The number of rotatable bonds is 7. The normalized spacial score (nSPS) is 13.9. The monoisotopic (exact) mass is 456 g/mol. The third kappa shape index (κ3) is 5.44. The molecule has 1 saturated carbocycles. The van der Waals surface area contributed by atoms with Crippen LogP contribution in [-0.2, 0) is 6.54 Å². The molecule has 2 aromatic carbocycles. The van der Waals surface area contributed by atoms with E-state index in [4.69, 9.17) is 32.7 Å². The number of hydrogen-bond acceptors (Lipinski definition) is 4. The van der Waals surface area contributed by atoms with Crippen LogP contribution in [0.5, 0.6) is 11.5 Å². The summed E-state index contributed by atoms with van der Waals surface area (Å²) in [5.41, 5.74) is 4.18. The fraction of sp³-hybridized carbons (Fsp3) is 0.320. The van der Waals surface area contributed by atoms with Crippen molar-refractivity contribution in [1.29, 1.82) is 0 Å². The lowest BCUT2D eigenvalue weighted by atomic mass is 10.1. The van der Waals surface area contributed by atoms with Crippen molar-refractivity contribution in [3.8, 4) is 11.5 Å². The Morgan fingerprint density at radius 3 is 2.42 bits per heavy atom. The van der Waals surface area contributed by atoms with Gasteiger partial charge in [0.1, 0.15) is 21.8 Å². The summed E-state index contributed by atoms with van der Waals surface area (Å²) in [7, 11) is 1.67. The third-order valence-corrected chi connectivity index (χ3v) is 5.92. The zero-order valence-electron chi connectivity index (χ0n) is 17.8. The number of anilines is 2. The van der Waals surface area contributed by atoms with Gasteiger partial charge in [-0.1, -0.05) is 35.3 Å². The summed E-state index contributed by atoms with van der Waals surface area (Å²) < 4.78 is 12.0. The summed E-state index contributed by atoms with van der Waals surface area (Å²) in [4.78, 5) is 6.30. The number of benzene rings is 2. The maximum absolute atomic E-state index is 6.48. The largest absolute Gasteiger partial charge is 0.497 e. The Bertz CT molecular complexity index is 1030. The Hall–Kier alpha value is -2.43. The maximum atomic E-state index is 6.48. The lowest BCUT2D eigenvalue weighted by Crippen LogP contribution is -2.20. The van der Waals surface area contributed by atoms with Crippen molar-refractivity contribution < 1.29 is 9.47 Å². The molecule has 0 bridgehead atoms. The lowest BCUT2D eigenvalue weighted by molar-refractivity contribution is 0.210. The van der Waals surface area contributed by atoms with E-state index in [1.54, 1.807) is 7.11 Å². The van der Waals surface area contributed by atoms with Crippen LogP contribution in [0.4, 0.5) is 11.4 Å². The number of halogens is 2. The van der Waals surface area contributed by atoms with Gasteiger partial charge in [-0.25, -0.2) is 4.98 Å². The minimum atomic E-state index is 0.232. The van der Waals surface area contributed by atoms with Gasteiger partial charge in [0.15, 0.2) is 0 Å². The van der Waals surface area contributed by atoms with Crippen LogP contribution in [0, 0.1) is 6.92 Å². The highest BCUT2D eigenvalue weighted by Gasteiger charge is 2.22. The number of aryl methyl sites for hydroxylation is 1. The fourth-order valence-corrected chi connectivity index (χ4v) is 4.53. The molecule has 4 rings (SSSR count). The summed E-state index contributed by atoms with van der Waals surface area (Å²) in [5, 5.41) is 0.757. The van der Waals surface area contributed by atoms with Crippen molar-refractivity contribution in [3.05, 3.63) is 76.0 Å². The molecule has 3 aromatic rings. The van der Waals surface area contributed by atoms with Crippen LogP contribution >= 0.6 is 23.2 Å². The van der Waals surface area contributed by atoms with E-state index in [0.29, 0.717) is 16.9 Å². The Kier molecular flexibility index (Phi) is 6.89. The average molecular weight is 457 g/mol. The molecule has 6 heteroatoms. The second-order valence-electron chi connectivity index (χ2n) is 7.90. The zero-order chi connectivity index (χ0) is 21.8. The Morgan fingerprint density at radius 1 is 1.00 bits per heavy atom. The predicted octanol–water partition coefficient (Wildman–Crippen LogP) is 7.37. The first-order valence-electron chi connectivity index (χ1n) is 10.5. The highest BCUT2D eigenvalue weighted by molar-refractivity contribution is 6.32. The molecule has 0 amide bonds. The molecule has 0 unspecified atom stereocenters. The van der Waals surface area contributed by atoms with E-state index in [2.05, 4.69) is 47.1 Å². The van der Waals surface area contributed by atoms with Crippen LogP contribution in [0.25, 0.3) is 0 Å². The molecule has 162 valence electrons. The summed E-state index contributed by atoms with van der Waals surface area (Å²) in [6.07, 6.45) is 4.81. The number of hydrogen-bond donors (Lipinski definition) is 0. The molecule has 0 saturated heterocycles. The maximum Gasteiger partial charge on any atom is 0.147 e. The second-order valence-corrected chi connectivity index (χ2v) is 8.68. The number of ether oxygens (including phenoxy) is 2. The van der Waals surface area contributed by atoms with Crippen molar-refractivity contribution in [2.24, 2.45) is 0 Å². The highest BCUT2D eigenvalue weighted by Crippen LogP contribution is 2.40. The number of aromatic nitrogens is 1. The van der Waals surface area contributed by atoms with Crippen molar-refractivity contribution >= 4 is 34.6 Å². The minimum absolute atomic E-state index is 0.232. The van der Waals surface area contributed by atoms with Gasteiger partial charge in [0.25, 0.3) is 0 Å². The summed E-state index contributed by atoms with van der Waals surface area (Å²) in [6, 6.07) is 18.1. The van der Waals surface area contributed by atoms with Crippen molar-refractivity contribution in [2.75, 3.05) is 12.0 Å². The van der Waals surface area contributed by atoms with E-state index >= 15 is 0 Å². The summed E-state index contributed by atoms with van der Waals surface area (Å²) in [6.45, 7) is 2.66. The van der Waals surface area contributed by atoms with E-state index in [1.807, 2.05) is 24.3 Å². The molecule has 0 spiro atoms. The quantitative estimate of drug-likeness (QED) is 0.347. The molecule has 1 fully saturated rings. The van der Waals surface area contributed by atoms with Crippen molar-refractivity contribution in [3.63, 3.8) is 0 Å². The van der Waals surface area contributed by atoms with Gasteiger partial charge in [-0.3, -0.25) is 0 Å². The molecule has 31 heavy (non-hydrogen) atoms. The van der Waals surface area contributed by atoms with Gasteiger partial charge >= 0.3 is 0 Å². The molecule has 1 aliphatic rings. The van der Waals surface area contributed by atoms with E-state index in [9.17, 15) is 0 Å². The minimum Gasteiger partial charge on any atom is -0.497 e. The lowest BCUT2D eigenvalue weighted by Gasteiger charge is -2.29. The van der Waals surface area contributed by atoms with Crippen LogP contribution in [-0.4, -0.2) is 18.2 Å². The van der Waals surface area contributed by atoms with Gasteiger partial charge < -0.3 is 14.4 Å². The first kappa shape index (κ1) is 21.8. The Labute approximate surface area is 193 Å². The first-order valence-corrected chi connectivity index (χ1v) is 11.3. The molecule has 0 atom stereocenters. The highest BCUT2D eigenvalue weighted by atomic mass is 35.5. The Balaban J connectivity index is 1.78. The molecule has 1 aromatic heterocycles. The average Bonchev–Trinajstić information content (AvgIpc) is 3.24. The first-order chi connectivity index (χ1) is 15.0. The molecular weight excluding hydrogens is 431 g/mol. The van der Waals surface area contributed by atoms with Gasteiger partial charge in [-0.05, 0) is 80.1 Å². The second kappa shape index (κ2) is 9.80. The predicted molar refractivity (Wildman–Crippen MR) is 127 cm³/mol. The molecule has 0 N–H and O–H groups in total. The Morgan fingerprint density at radius 2 is 1.74 bits per heavy atom. The molecule has 4 nitrogen and oxygen atoms in total. The zero-order valence-corrected chi connectivity index (χ0v) is 19.3. The van der Waals surface area contributed by atoms with Crippen molar-refractivity contribution in [1.82, 2.24) is 4.98 Å². The summed E-state index contributed by atoms with van der Waals surface area (Å²) in [5.74, 6) is 1.59. The number of nitrogens with zero attached hydrogens (tertiary/aromatic N) is 2. The molecule has 0 radical (unpaired) electrons.